The van der Waals surface area contributed by atoms with Crippen LogP contribution in [0.4, 0.5) is 0 Å². The van der Waals surface area contributed by atoms with Crippen molar-refractivity contribution >= 4 is 11.8 Å². The molecular weight excluding hydrogens is 244 g/mol. The number of hydrogen-bond donors (Lipinski definition) is 2. The largest absolute Gasteiger partial charge is 0.391 e. The van der Waals surface area contributed by atoms with Crippen LogP contribution in [0.15, 0.2) is 0 Å². The summed E-state index contributed by atoms with van der Waals surface area (Å²) in [5.74, 6) is 0.162. The predicted octanol–water partition coefficient (Wildman–Crippen LogP) is 0.768. The van der Waals surface area contributed by atoms with E-state index >= 15 is 0 Å². The molecule has 1 rings (SSSR count). The van der Waals surface area contributed by atoms with Crippen LogP contribution in [0.25, 0.3) is 0 Å². The Kier molecular flexibility index (Phi) is 6.28. The molecule has 1 fully saturated rings. The lowest BCUT2D eigenvalue weighted by atomic mass is 9.95. The average Bonchev–Trinajstić information content (AvgIpc) is 2.43. The Morgan fingerprint density at radius 3 is 2.37 bits per heavy atom. The van der Waals surface area contributed by atoms with Crippen molar-refractivity contribution in [2.75, 3.05) is 19.6 Å². The average molecular weight is 270 g/mol. The van der Waals surface area contributed by atoms with Crippen LogP contribution in [0.5, 0.6) is 0 Å². The van der Waals surface area contributed by atoms with Crippen molar-refractivity contribution in [2.24, 2.45) is 11.8 Å². The Morgan fingerprint density at radius 1 is 1.32 bits per heavy atom. The molecule has 1 aliphatic heterocycles. The molecule has 1 saturated heterocycles. The van der Waals surface area contributed by atoms with Gasteiger partial charge in [0.15, 0.2) is 0 Å². The van der Waals surface area contributed by atoms with Crippen molar-refractivity contribution in [1.82, 2.24) is 10.2 Å². The van der Waals surface area contributed by atoms with Crippen molar-refractivity contribution in [3.63, 3.8) is 0 Å². The van der Waals surface area contributed by atoms with E-state index in [9.17, 15) is 14.7 Å². The molecule has 0 saturated carbocycles. The van der Waals surface area contributed by atoms with Gasteiger partial charge in [-0.3, -0.25) is 9.59 Å². The maximum absolute atomic E-state index is 11.9. The van der Waals surface area contributed by atoms with Gasteiger partial charge in [0.2, 0.25) is 11.8 Å². The second-order valence-electron chi connectivity index (χ2n) is 5.56. The van der Waals surface area contributed by atoms with Crippen LogP contribution in [-0.4, -0.2) is 47.6 Å². The predicted molar refractivity (Wildman–Crippen MR) is 73.4 cm³/mol. The minimum absolute atomic E-state index is 0.00384. The lowest BCUT2D eigenvalue weighted by molar-refractivity contribution is -0.138. The van der Waals surface area contributed by atoms with Crippen LogP contribution >= 0.6 is 0 Å². The van der Waals surface area contributed by atoms with Gasteiger partial charge in [-0.15, -0.1) is 0 Å². The molecule has 1 unspecified atom stereocenters. The topological polar surface area (TPSA) is 69.6 Å². The number of hydrogen-bond acceptors (Lipinski definition) is 3. The quantitative estimate of drug-likeness (QED) is 0.775. The molecule has 2 amide bonds. The van der Waals surface area contributed by atoms with Crippen molar-refractivity contribution < 1.29 is 14.7 Å². The summed E-state index contributed by atoms with van der Waals surface area (Å²) in [4.78, 5) is 25.6. The van der Waals surface area contributed by atoms with E-state index in [1.54, 1.807) is 0 Å². The molecule has 0 spiro atoms. The first-order valence-corrected chi connectivity index (χ1v) is 7.20. The van der Waals surface area contributed by atoms with Crippen LogP contribution < -0.4 is 5.32 Å². The summed E-state index contributed by atoms with van der Waals surface area (Å²) in [6, 6.07) is 0. The van der Waals surface area contributed by atoms with Crippen molar-refractivity contribution in [3.05, 3.63) is 0 Å². The van der Waals surface area contributed by atoms with E-state index in [1.807, 2.05) is 25.7 Å². The van der Waals surface area contributed by atoms with Crippen LogP contribution in [0.2, 0.25) is 0 Å². The van der Waals surface area contributed by atoms with Crippen LogP contribution in [0.1, 0.15) is 40.0 Å². The number of piperidine rings is 1. The number of rotatable bonds is 5. The lowest BCUT2D eigenvalue weighted by Crippen LogP contribution is -2.45. The zero-order valence-corrected chi connectivity index (χ0v) is 12.2. The van der Waals surface area contributed by atoms with Gasteiger partial charge in [-0.05, 0) is 19.3 Å². The molecule has 1 aliphatic rings. The third-order valence-corrected chi connectivity index (χ3v) is 3.65. The maximum Gasteiger partial charge on any atom is 0.225 e. The van der Waals surface area contributed by atoms with E-state index in [2.05, 4.69) is 5.32 Å². The second-order valence-corrected chi connectivity index (χ2v) is 5.56. The van der Waals surface area contributed by atoms with Gasteiger partial charge in [-0.25, -0.2) is 0 Å². The minimum Gasteiger partial charge on any atom is -0.391 e. The Balaban J connectivity index is 2.33. The lowest BCUT2D eigenvalue weighted by Gasteiger charge is -2.32. The molecule has 1 atom stereocenters. The van der Waals surface area contributed by atoms with E-state index in [0.717, 1.165) is 0 Å². The van der Waals surface area contributed by atoms with Crippen molar-refractivity contribution in [2.45, 2.75) is 46.1 Å². The van der Waals surface area contributed by atoms with Crippen LogP contribution in [0, 0.1) is 11.8 Å². The molecule has 0 bridgehead atoms. The smallest absolute Gasteiger partial charge is 0.225 e. The van der Waals surface area contributed by atoms with Crippen molar-refractivity contribution in [3.8, 4) is 0 Å². The third-order valence-electron chi connectivity index (χ3n) is 3.65. The van der Waals surface area contributed by atoms with Gasteiger partial charge in [0.05, 0.1) is 6.10 Å². The molecule has 110 valence electrons. The molecule has 0 aromatic heterocycles. The number of carbonyl (C=O) groups excluding carboxylic acids is 2. The Morgan fingerprint density at radius 2 is 1.89 bits per heavy atom. The third kappa shape index (κ3) is 4.82. The van der Waals surface area contributed by atoms with E-state index in [0.29, 0.717) is 38.9 Å². The zero-order chi connectivity index (χ0) is 14.4. The Hall–Kier alpha value is -1.10. The summed E-state index contributed by atoms with van der Waals surface area (Å²) in [6.45, 7) is 7.31. The molecule has 1 heterocycles. The Bertz CT molecular complexity index is 310. The summed E-state index contributed by atoms with van der Waals surface area (Å²) in [6.07, 6.45) is 1.60. The van der Waals surface area contributed by atoms with Crippen LogP contribution in [-0.2, 0) is 9.59 Å². The summed E-state index contributed by atoms with van der Waals surface area (Å²) in [5, 5.41) is 12.2. The molecule has 5 nitrogen and oxygen atoms in total. The van der Waals surface area contributed by atoms with Gasteiger partial charge in [-0.2, -0.15) is 0 Å². The molecule has 0 aliphatic carbocycles. The number of likely N-dealkylation sites (tertiary alicyclic amines) is 1. The first-order valence-electron chi connectivity index (χ1n) is 7.20. The molecule has 19 heavy (non-hydrogen) atoms. The highest BCUT2D eigenvalue weighted by Gasteiger charge is 2.28. The molecule has 5 heteroatoms. The van der Waals surface area contributed by atoms with E-state index in [4.69, 9.17) is 0 Å². The number of aliphatic hydroxyl groups is 1. The monoisotopic (exact) mass is 270 g/mol. The van der Waals surface area contributed by atoms with Gasteiger partial charge in [0.1, 0.15) is 0 Å². The fourth-order valence-corrected chi connectivity index (χ4v) is 2.23. The SMILES string of the molecule is CCC(O)CNC(=O)C1CCN(C(=O)C(C)C)CC1. The fourth-order valence-electron chi connectivity index (χ4n) is 2.23. The van der Waals surface area contributed by atoms with Gasteiger partial charge in [-0.1, -0.05) is 20.8 Å². The first-order chi connectivity index (χ1) is 8.95. The molecule has 2 N–H and O–H groups in total. The second kappa shape index (κ2) is 7.48. The summed E-state index contributed by atoms with van der Waals surface area (Å²) in [5.41, 5.74) is 0. The highest BCUT2D eigenvalue weighted by atomic mass is 16.3. The first kappa shape index (κ1) is 16.0. The number of carbonyl (C=O) groups is 2. The summed E-state index contributed by atoms with van der Waals surface area (Å²) < 4.78 is 0. The number of amides is 2. The number of nitrogens with zero attached hydrogens (tertiary/aromatic N) is 1. The maximum atomic E-state index is 11.9. The zero-order valence-electron chi connectivity index (χ0n) is 12.2. The normalized spacial score (nSPS) is 18.5. The highest BCUT2D eigenvalue weighted by Crippen LogP contribution is 2.18. The van der Waals surface area contributed by atoms with E-state index in [-0.39, 0.29) is 23.7 Å². The minimum atomic E-state index is -0.466. The molecular formula is C14H26N2O3. The molecule has 0 aromatic carbocycles. The van der Waals surface area contributed by atoms with E-state index in [1.165, 1.54) is 0 Å². The van der Waals surface area contributed by atoms with E-state index < -0.39 is 6.10 Å². The molecule has 0 aromatic rings. The molecule has 0 radical (unpaired) electrons. The summed E-state index contributed by atoms with van der Waals surface area (Å²) >= 11 is 0. The highest BCUT2D eigenvalue weighted by molar-refractivity contribution is 5.80. The van der Waals surface area contributed by atoms with Gasteiger partial charge >= 0.3 is 0 Å². The Labute approximate surface area is 115 Å². The van der Waals surface area contributed by atoms with Gasteiger partial charge in [0, 0.05) is 31.5 Å². The number of aliphatic hydroxyl groups excluding tert-OH is 1. The number of nitrogens with one attached hydrogen (secondary N) is 1. The van der Waals surface area contributed by atoms with Gasteiger partial charge < -0.3 is 15.3 Å². The standard InChI is InChI=1S/C14H26N2O3/c1-4-12(17)9-15-13(18)11-5-7-16(8-6-11)14(19)10(2)3/h10-12,17H,4-9H2,1-3H3,(H,15,18). The fraction of sp³-hybridized carbons (Fsp3) is 0.857. The van der Waals surface area contributed by atoms with Crippen LogP contribution in [0.3, 0.4) is 0 Å². The van der Waals surface area contributed by atoms with Gasteiger partial charge in [0.25, 0.3) is 0 Å². The van der Waals surface area contributed by atoms with Crippen molar-refractivity contribution in [1.29, 1.82) is 0 Å². The summed E-state index contributed by atoms with van der Waals surface area (Å²) in [7, 11) is 0.